The third-order valence-corrected chi connectivity index (χ3v) is 5.61. The van der Waals surface area contributed by atoms with Gasteiger partial charge in [-0.25, -0.2) is 0 Å². The molecule has 26 heavy (non-hydrogen) atoms. The molecule has 0 amide bonds. The summed E-state index contributed by atoms with van der Waals surface area (Å²) in [5, 5.41) is 4.31. The van der Waals surface area contributed by atoms with Gasteiger partial charge in [-0.3, -0.25) is 4.98 Å². The minimum Gasteiger partial charge on any atom is -0.376 e. The van der Waals surface area contributed by atoms with Crippen LogP contribution in [0.2, 0.25) is 0 Å². The zero-order valence-corrected chi connectivity index (χ0v) is 16.2. The van der Waals surface area contributed by atoms with Crippen molar-refractivity contribution in [1.82, 2.24) is 19.8 Å². The van der Waals surface area contributed by atoms with Crippen molar-refractivity contribution in [2.24, 2.45) is 0 Å². The van der Waals surface area contributed by atoms with Gasteiger partial charge in [-0.05, 0) is 63.2 Å². The third kappa shape index (κ3) is 3.23. The molecule has 2 aromatic heterocycles. The van der Waals surface area contributed by atoms with Gasteiger partial charge < -0.3 is 19.5 Å². The summed E-state index contributed by atoms with van der Waals surface area (Å²) in [6.45, 7) is 6.15. The maximum Gasteiger partial charge on any atom is 0.170 e. The fourth-order valence-electron chi connectivity index (χ4n) is 4.11. The largest absolute Gasteiger partial charge is 0.376 e. The molecule has 0 saturated carbocycles. The highest BCUT2D eigenvalue weighted by Gasteiger charge is 2.42. The van der Waals surface area contributed by atoms with Crippen molar-refractivity contribution in [3.05, 3.63) is 54.1 Å². The summed E-state index contributed by atoms with van der Waals surface area (Å²) in [7, 11) is 0. The monoisotopic (exact) mass is 370 g/mol. The summed E-state index contributed by atoms with van der Waals surface area (Å²) in [5.41, 5.74) is 2.28. The molecule has 0 aromatic carbocycles. The highest BCUT2D eigenvalue weighted by atomic mass is 32.1. The summed E-state index contributed by atoms with van der Waals surface area (Å²) >= 11 is 5.68. The molecule has 6 heteroatoms. The Balaban J connectivity index is 1.70. The van der Waals surface area contributed by atoms with Crippen LogP contribution in [0.15, 0.2) is 42.7 Å². The highest BCUT2D eigenvalue weighted by molar-refractivity contribution is 7.80. The van der Waals surface area contributed by atoms with Gasteiger partial charge in [0, 0.05) is 37.3 Å². The van der Waals surface area contributed by atoms with Gasteiger partial charge in [-0.15, -0.1) is 0 Å². The van der Waals surface area contributed by atoms with Crippen molar-refractivity contribution in [3.8, 4) is 0 Å². The summed E-state index contributed by atoms with van der Waals surface area (Å²) in [4.78, 5) is 6.90. The van der Waals surface area contributed by atoms with Gasteiger partial charge in [0.25, 0.3) is 0 Å². The Morgan fingerprint density at radius 2 is 2.19 bits per heavy atom. The number of aromatic nitrogens is 2. The Morgan fingerprint density at radius 3 is 2.88 bits per heavy atom. The molecule has 0 spiro atoms. The second-order valence-corrected chi connectivity index (χ2v) is 7.73. The molecule has 4 rings (SSSR count). The van der Waals surface area contributed by atoms with Gasteiger partial charge in [0.05, 0.1) is 23.9 Å². The Hall–Kier alpha value is -1.92. The second kappa shape index (κ2) is 7.37. The molecule has 1 N–H and O–H groups in total. The minimum atomic E-state index is 0.0456. The number of nitrogens with zero attached hydrogens (tertiary/aromatic N) is 3. The van der Waals surface area contributed by atoms with Crippen LogP contribution in [0.3, 0.4) is 0 Å². The average molecular weight is 371 g/mol. The first kappa shape index (κ1) is 17.5. The number of thiocarbonyl (C=S) groups is 1. The van der Waals surface area contributed by atoms with Crippen LogP contribution in [-0.2, 0) is 11.3 Å². The van der Waals surface area contributed by atoms with E-state index in [0.717, 1.165) is 36.8 Å². The van der Waals surface area contributed by atoms with Crippen LogP contribution in [0.1, 0.15) is 50.2 Å². The van der Waals surface area contributed by atoms with Crippen LogP contribution in [-0.4, -0.2) is 38.3 Å². The quantitative estimate of drug-likeness (QED) is 0.817. The molecule has 0 radical (unpaired) electrons. The predicted octanol–water partition coefficient (Wildman–Crippen LogP) is 3.44. The molecular formula is C20H26N4OS. The average Bonchev–Trinajstić information content (AvgIpc) is 3.36. The molecule has 0 bridgehead atoms. The van der Waals surface area contributed by atoms with Gasteiger partial charge >= 0.3 is 0 Å². The van der Waals surface area contributed by atoms with Crippen molar-refractivity contribution in [2.45, 2.75) is 57.5 Å². The van der Waals surface area contributed by atoms with Gasteiger partial charge in [0.1, 0.15) is 0 Å². The summed E-state index contributed by atoms with van der Waals surface area (Å²) in [6.07, 6.45) is 6.61. The third-order valence-electron chi connectivity index (χ3n) is 5.28. The zero-order chi connectivity index (χ0) is 18.1. The fourth-order valence-corrected chi connectivity index (χ4v) is 4.56. The van der Waals surface area contributed by atoms with E-state index in [1.54, 1.807) is 0 Å². The van der Waals surface area contributed by atoms with E-state index in [0.29, 0.717) is 12.1 Å². The van der Waals surface area contributed by atoms with Crippen molar-refractivity contribution in [1.29, 1.82) is 0 Å². The molecule has 2 saturated heterocycles. The molecule has 138 valence electrons. The van der Waals surface area contributed by atoms with Crippen LogP contribution in [0, 0.1) is 0 Å². The van der Waals surface area contributed by atoms with Gasteiger partial charge in [0.2, 0.25) is 0 Å². The molecule has 2 fully saturated rings. The maximum atomic E-state index is 5.86. The smallest absolute Gasteiger partial charge is 0.170 e. The van der Waals surface area contributed by atoms with E-state index >= 15 is 0 Å². The van der Waals surface area contributed by atoms with Crippen LogP contribution in [0.4, 0.5) is 0 Å². The predicted molar refractivity (Wildman–Crippen MR) is 106 cm³/mol. The van der Waals surface area contributed by atoms with Gasteiger partial charge in [-0.1, -0.05) is 6.07 Å². The van der Waals surface area contributed by atoms with E-state index in [1.807, 2.05) is 18.3 Å². The normalized spacial score (nSPS) is 25.9. The van der Waals surface area contributed by atoms with Crippen molar-refractivity contribution in [3.63, 3.8) is 0 Å². The summed E-state index contributed by atoms with van der Waals surface area (Å²) < 4.78 is 8.20. The number of hydrogen-bond acceptors (Lipinski definition) is 3. The SMILES string of the molecule is CC(C)N1C(=S)N[C@@H](c2ccccn2)[C@@H]1c1cccn1C[C@@H]1CCCO1. The van der Waals surface area contributed by atoms with Crippen molar-refractivity contribution < 1.29 is 4.74 Å². The van der Waals surface area contributed by atoms with Crippen molar-refractivity contribution >= 4 is 17.3 Å². The second-order valence-electron chi connectivity index (χ2n) is 7.35. The molecular weight excluding hydrogens is 344 g/mol. The fraction of sp³-hybridized carbons (Fsp3) is 0.500. The molecule has 5 nitrogen and oxygen atoms in total. The molecule has 0 aliphatic carbocycles. The number of hydrogen-bond donors (Lipinski definition) is 1. The Labute approximate surface area is 160 Å². The van der Waals surface area contributed by atoms with E-state index in [9.17, 15) is 0 Å². The van der Waals surface area contributed by atoms with E-state index in [1.165, 1.54) is 5.69 Å². The zero-order valence-electron chi connectivity index (χ0n) is 15.3. The lowest BCUT2D eigenvalue weighted by Gasteiger charge is -2.32. The maximum absolute atomic E-state index is 5.86. The topological polar surface area (TPSA) is 42.3 Å². The van der Waals surface area contributed by atoms with Gasteiger partial charge in [-0.2, -0.15) is 0 Å². The number of rotatable bonds is 5. The van der Waals surface area contributed by atoms with E-state index < -0.39 is 0 Å². The standard InChI is InChI=1S/C20H26N4OS/c1-14(2)24-19(18(22-20(24)26)16-8-3-4-10-21-16)17-9-5-11-23(17)13-15-7-6-12-25-15/h3-5,8-11,14-15,18-19H,6-7,12-13H2,1-2H3,(H,22,26)/t15-,18-,19-/m0/s1. The minimum absolute atomic E-state index is 0.0456. The summed E-state index contributed by atoms with van der Waals surface area (Å²) in [6, 6.07) is 10.9. The molecule has 2 aliphatic heterocycles. The number of pyridine rings is 1. The number of ether oxygens (including phenoxy) is 1. The van der Waals surface area contributed by atoms with E-state index in [2.05, 4.69) is 58.0 Å². The van der Waals surface area contributed by atoms with Crippen LogP contribution in [0.25, 0.3) is 0 Å². The molecule has 2 aromatic rings. The first-order valence-electron chi connectivity index (χ1n) is 9.41. The Morgan fingerprint density at radius 1 is 1.31 bits per heavy atom. The Bertz CT molecular complexity index is 754. The highest BCUT2D eigenvalue weighted by Crippen LogP contribution is 2.40. The lowest BCUT2D eigenvalue weighted by atomic mass is 10.0. The molecule has 4 heterocycles. The molecule has 3 atom stereocenters. The van der Waals surface area contributed by atoms with E-state index in [-0.39, 0.29) is 12.1 Å². The number of nitrogens with one attached hydrogen (secondary N) is 1. The van der Waals surface area contributed by atoms with Crippen LogP contribution >= 0.6 is 12.2 Å². The Kier molecular flexibility index (Phi) is 4.96. The first-order valence-corrected chi connectivity index (χ1v) is 9.82. The van der Waals surface area contributed by atoms with Crippen LogP contribution < -0.4 is 5.32 Å². The van der Waals surface area contributed by atoms with Crippen molar-refractivity contribution in [2.75, 3.05) is 6.61 Å². The lowest BCUT2D eigenvalue weighted by molar-refractivity contribution is 0.0951. The molecule has 2 aliphatic rings. The lowest BCUT2D eigenvalue weighted by Crippen LogP contribution is -2.36. The summed E-state index contributed by atoms with van der Waals surface area (Å²) in [5.74, 6) is 0. The molecule has 0 unspecified atom stereocenters. The van der Waals surface area contributed by atoms with Gasteiger partial charge in [0.15, 0.2) is 5.11 Å². The first-order chi connectivity index (χ1) is 12.6. The van der Waals surface area contributed by atoms with E-state index in [4.69, 9.17) is 17.0 Å². The van der Waals surface area contributed by atoms with Crippen LogP contribution in [0.5, 0.6) is 0 Å².